The third-order valence-electron chi connectivity index (χ3n) is 2.49. The van der Waals surface area contributed by atoms with Gasteiger partial charge >= 0.3 is 0 Å². The summed E-state index contributed by atoms with van der Waals surface area (Å²) in [5, 5.41) is 6.30. The molecule has 1 N–H and O–H groups in total. The van der Waals surface area contributed by atoms with E-state index in [0.717, 1.165) is 12.1 Å². The van der Waals surface area contributed by atoms with Gasteiger partial charge in [-0.3, -0.25) is 4.79 Å². The first-order chi connectivity index (χ1) is 9.28. The fourth-order valence-electron chi connectivity index (χ4n) is 1.65. The minimum atomic E-state index is -1.01. The number of amides is 1. The van der Waals surface area contributed by atoms with Gasteiger partial charge in [0.2, 0.25) is 0 Å². The second-order valence-electron chi connectivity index (χ2n) is 5.40. The van der Waals surface area contributed by atoms with Gasteiger partial charge in [-0.25, -0.2) is 8.78 Å². The van der Waals surface area contributed by atoms with Crippen molar-refractivity contribution in [3.05, 3.63) is 41.6 Å². The lowest BCUT2D eigenvalue weighted by molar-refractivity contribution is 0.0920. The molecule has 0 aliphatic heterocycles. The maximum absolute atomic E-state index is 13.2. The lowest BCUT2D eigenvalue weighted by Crippen LogP contribution is -2.40. The van der Waals surface area contributed by atoms with Crippen LogP contribution in [0.25, 0.3) is 11.3 Å². The molecule has 20 heavy (non-hydrogen) atoms. The minimum Gasteiger partial charge on any atom is -0.355 e. The van der Waals surface area contributed by atoms with Crippen LogP contribution in [0.3, 0.4) is 0 Å². The lowest BCUT2D eigenvalue weighted by Gasteiger charge is -2.20. The van der Waals surface area contributed by atoms with Crippen molar-refractivity contribution in [3.8, 4) is 11.3 Å². The molecule has 1 amide bonds. The highest BCUT2D eigenvalue weighted by Gasteiger charge is 2.22. The van der Waals surface area contributed by atoms with E-state index < -0.39 is 23.1 Å². The van der Waals surface area contributed by atoms with Gasteiger partial charge in [-0.1, -0.05) is 5.16 Å². The summed E-state index contributed by atoms with van der Waals surface area (Å²) in [6.45, 7) is 5.49. The average Bonchev–Trinajstić information content (AvgIpc) is 2.79. The number of rotatable bonds is 2. The molecule has 106 valence electrons. The van der Waals surface area contributed by atoms with Gasteiger partial charge in [0.15, 0.2) is 17.4 Å². The highest BCUT2D eigenvalue weighted by Crippen LogP contribution is 2.25. The molecule has 4 nitrogen and oxygen atoms in total. The van der Waals surface area contributed by atoms with Crippen LogP contribution in [-0.4, -0.2) is 16.6 Å². The lowest BCUT2D eigenvalue weighted by atomic mass is 10.1. The molecule has 1 aromatic heterocycles. The second-order valence-corrected chi connectivity index (χ2v) is 5.40. The Bertz CT molecular complexity index is 645. The molecule has 2 rings (SSSR count). The van der Waals surface area contributed by atoms with Gasteiger partial charge in [0, 0.05) is 11.1 Å². The molecule has 1 aromatic carbocycles. The van der Waals surface area contributed by atoms with Crippen LogP contribution in [0.1, 0.15) is 31.1 Å². The van der Waals surface area contributed by atoms with E-state index in [1.54, 1.807) is 0 Å². The quantitative estimate of drug-likeness (QED) is 0.919. The van der Waals surface area contributed by atoms with E-state index in [1.165, 1.54) is 12.3 Å². The normalized spacial score (nSPS) is 11.4. The molecule has 0 spiro atoms. The van der Waals surface area contributed by atoms with Crippen molar-refractivity contribution < 1.29 is 18.1 Å². The van der Waals surface area contributed by atoms with Crippen molar-refractivity contribution >= 4 is 5.91 Å². The summed E-state index contributed by atoms with van der Waals surface area (Å²) in [6.07, 6.45) is 1.25. The number of hydrogen-bond acceptors (Lipinski definition) is 3. The highest BCUT2D eigenvalue weighted by atomic mass is 19.2. The zero-order valence-corrected chi connectivity index (χ0v) is 11.3. The predicted molar refractivity (Wildman–Crippen MR) is 69.1 cm³/mol. The molecule has 0 saturated heterocycles. The third kappa shape index (κ3) is 3.01. The molecule has 2 aromatic rings. The predicted octanol–water partition coefficient (Wildman–Crippen LogP) is 3.15. The molecule has 0 atom stereocenters. The molecule has 0 aliphatic carbocycles. The maximum Gasteiger partial charge on any atom is 0.257 e. The van der Waals surface area contributed by atoms with Gasteiger partial charge in [0.1, 0.15) is 5.56 Å². The number of carbonyl (C=O) groups excluding carboxylic acids is 1. The van der Waals surface area contributed by atoms with Crippen molar-refractivity contribution in [3.63, 3.8) is 0 Å². The van der Waals surface area contributed by atoms with Crippen molar-refractivity contribution in [1.82, 2.24) is 10.5 Å². The van der Waals surface area contributed by atoms with Gasteiger partial charge < -0.3 is 9.84 Å². The number of nitrogens with zero attached hydrogens (tertiary/aromatic N) is 1. The van der Waals surface area contributed by atoms with E-state index in [4.69, 9.17) is 4.52 Å². The van der Waals surface area contributed by atoms with Gasteiger partial charge in [-0.15, -0.1) is 0 Å². The van der Waals surface area contributed by atoms with Crippen LogP contribution >= 0.6 is 0 Å². The molecule has 0 fully saturated rings. The fourth-order valence-corrected chi connectivity index (χ4v) is 1.65. The Morgan fingerprint density at radius 1 is 1.25 bits per heavy atom. The van der Waals surface area contributed by atoms with Crippen LogP contribution < -0.4 is 5.32 Å². The summed E-state index contributed by atoms with van der Waals surface area (Å²) in [6, 6.07) is 3.26. The molecule has 0 unspecified atom stereocenters. The van der Waals surface area contributed by atoms with E-state index in [-0.39, 0.29) is 16.9 Å². The van der Waals surface area contributed by atoms with Gasteiger partial charge in [0.25, 0.3) is 5.91 Å². The first kappa shape index (κ1) is 14.2. The SMILES string of the molecule is CC(C)(C)NC(=O)c1cnoc1-c1ccc(F)c(F)c1. The van der Waals surface area contributed by atoms with Gasteiger partial charge in [-0.2, -0.15) is 0 Å². The largest absolute Gasteiger partial charge is 0.355 e. The van der Waals surface area contributed by atoms with Crippen molar-refractivity contribution in [2.24, 2.45) is 0 Å². The van der Waals surface area contributed by atoms with Crippen LogP contribution in [0.2, 0.25) is 0 Å². The maximum atomic E-state index is 13.2. The number of aromatic nitrogens is 1. The van der Waals surface area contributed by atoms with Crippen molar-refractivity contribution in [2.75, 3.05) is 0 Å². The minimum absolute atomic E-state index is 0.102. The molecular weight excluding hydrogens is 266 g/mol. The monoisotopic (exact) mass is 280 g/mol. The van der Waals surface area contributed by atoms with Crippen LogP contribution in [0.5, 0.6) is 0 Å². The summed E-state index contributed by atoms with van der Waals surface area (Å²) in [4.78, 5) is 12.1. The molecule has 0 aliphatic rings. The summed E-state index contributed by atoms with van der Waals surface area (Å²) in [5.41, 5.74) is -0.00830. The molecular formula is C14H14F2N2O2. The number of nitrogens with one attached hydrogen (secondary N) is 1. The smallest absolute Gasteiger partial charge is 0.257 e. The van der Waals surface area contributed by atoms with E-state index in [2.05, 4.69) is 10.5 Å². The van der Waals surface area contributed by atoms with E-state index in [0.29, 0.717) is 0 Å². The Kier molecular flexibility index (Phi) is 3.57. The Morgan fingerprint density at radius 3 is 2.55 bits per heavy atom. The number of benzene rings is 1. The average molecular weight is 280 g/mol. The Morgan fingerprint density at radius 2 is 1.95 bits per heavy atom. The zero-order valence-electron chi connectivity index (χ0n) is 11.3. The first-order valence-electron chi connectivity index (χ1n) is 6.00. The third-order valence-corrected chi connectivity index (χ3v) is 2.49. The van der Waals surface area contributed by atoms with E-state index >= 15 is 0 Å². The van der Waals surface area contributed by atoms with E-state index in [1.807, 2.05) is 20.8 Å². The second kappa shape index (κ2) is 5.03. The van der Waals surface area contributed by atoms with E-state index in [9.17, 15) is 13.6 Å². The number of carbonyl (C=O) groups is 1. The Labute approximate surface area is 114 Å². The first-order valence-corrected chi connectivity index (χ1v) is 6.00. The number of halogens is 2. The van der Waals surface area contributed by atoms with Crippen molar-refractivity contribution in [1.29, 1.82) is 0 Å². The topological polar surface area (TPSA) is 55.1 Å². The zero-order chi connectivity index (χ0) is 14.9. The fraction of sp³-hybridized carbons (Fsp3) is 0.286. The summed E-state index contributed by atoms with van der Waals surface area (Å²) >= 11 is 0. The highest BCUT2D eigenvalue weighted by molar-refractivity contribution is 5.99. The van der Waals surface area contributed by atoms with Gasteiger partial charge in [0.05, 0.1) is 6.20 Å². The summed E-state index contributed by atoms with van der Waals surface area (Å²) in [7, 11) is 0. The molecule has 0 radical (unpaired) electrons. The van der Waals surface area contributed by atoms with Crippen molar-refractivity contribution in [2.45, 2.75) is 26.3 Å². The van der Waals surface area contributed by atoms with Crippen LogP contribution in [0.15, 0.2) is 28.9 Å². The Hall–Kier alpha value is -2.24. The van der Waals surface area contributed by atoms with Gasteiger partial charge in [-0.05, 0) is 39.0 Å². The van der Waals surface area contributed by atoms with Crippen LogP contribution in [0.4, 0.5) is 8.78 Å². The molecule has 0 saturated carbocycles. The molecule has 1 heterocycles. The molecule has 0 bridgehead atoms. The van der Waals surface area contributed by atoms with Crippen LogP contribution in [0, 0.1) is 11.6 Å². The summed E-state index contributed by atoms with van der Waals surface area (Å²) in [5.74, 6) is -2.26. The van der Waals surface area contributed by atoms with Crippen LogP contribution in [-0.2, 0) is 0 Å². The summed E-state index contributed by atoms with van der Waals surface area (Å²) < 4.78 is 31.1. The standard InChI is InChI=1S/C14H14F2N2O2/c1-14(2,3)18-13(19)9-7-17-20-12(9)8-4-5-10(15)11(16)6-8/h4-7H,1-3H3,(H,18,19). The number of hydrogen-bond donors (Lipinski definition) is 1. The Balaban J connectivity index is 2.37. The molecule has 6 heteroatoms.